The van der Waals surface area contributed by atoms with Crippen LogP contribution in [0.5, 0.6) is 0 Å². The van der Waals surface area contributed by atoms with E-state index in [2.05, 4.69) is 4.98 Å². The third-order valence-corrected chi connectivity index (χ3v) is 1.65. The van der Waals surface area contributed by atoms with Gasteiger partial charge in [-0.3, -0.25) is 4.98 Å². The first-order valence-electron chi connectivity index (χ1n) is 3.91. The minimum absolute atomic E-state index is 0.290. The molecular formula is C9H10ClFN2. The maximum atomic E-state index is 13.0. The molecule has 0 saturated heterocycles. The van der Waals surface area contributed by atoms with Crippen molar-refractivity contribution in [1.82, 2.24) is 4.98 Å². The Labute approximate surface area is 81.2 Å². The van der Waals surface area contributed by atoms with Crippen molar-refractivity contribution in [1.29, 1.82) is 0 Å². The van der Waals surface area contributed by atoms with E-state index in [0.717, 1.165) is 0 Å². The standard InChI is InChI=1S/C9H10ClFN2/c10-7-5-8(11)9(13-6-7)3-1-2-4-12/h1,3,5-6H,2,4,12H2. The molecule has 13 heavy (non-hydrogen) atoms. The SMILES string of the molecule is NCCC=Cc1ncc(Cl)cc1F. The first kappa shape index (κ1) is 10.2. The predicted octanol–water partition coefficient (Wildman–Crippen LogP) is 2.24. The van der Waals surface area contributed by atoms with Gasteiger partial charge in [0.15, 0.2) is 0 Å². The smallest absolute Gasteiger partial charge is 0.150 e. The Balaban J connectivity index is 2.77. The molecule has 0 bridgehead atoms. The van der Waals surface area contributed by atoms with E-state index < -0.39 is 5.82 Å². The summed E-state index contributed by atoms with van der Waals surface area (Å²) in [6, 6.07) is 1.23. The lowest BCUT2D eigenvalue weighted by atomic mass is 10.3. The summed E-state index contributed by atoms with van der Waals surface area (Å²) in [5.41, 5.74) is 5.56. The number of rotatable bonds is 3. The molecule has 2 N–H and O–H groups in total. The van der Waals surface area contributed by atoms with Crippen molar-refractivity contribution in [2.24, 2.45) is 5.73 Å². The van der Waals surface area contributed by atoms with Gasteiger partial charge in [-0.15, -0.1) is 0 Å². The van der Waals surface area contributed by atoms with Gasteiger partial charge in [0.2, 0.25) is 0 Å². The third-order valence-electron chi connectivity index (χ3n) is 1.45. The van der Waals surface area contributed by atoms with E-state index in [-0.39, 0.29) is 5.69 Å². The maximum absolute atomic E-state index is 13.0. The van der Waals surface area contributed by atoms with Crippen molar-refractivity contribution in [2.45, 2.75) is 6.42 Å². The Morgan fingerprint density at radius 1 is 1.62 bits per heavy atom. The molecule has 0 amide bonds. The number of halogens is 2. The van der Waals surface area contributed by atoms with Gasteiger partial charge in [0, 0.05) is 6.20 Å². The highest BCUT2D eigenvalue weighted by Crippen LogP contribution is 2.12. The van der Waals surface area contributed by atoms with Crippen LogP contribution in [0.15, 0.2) is 18.3 Å². The van der Waals surface area contributed by atoms with Gasteiger partial charge in [-0.1, -0.05) is 17.7 Å². The molecule has 0 aromatic carbocycles. The summed E-state index contributed by atoms with van der Waals surface area (Å²) in [5, 5.41) is 0.300. The van der Waals surface area contributed by atoms with E-state index in [0.29, 0.717) is 18.0 Å². The van der Waals surface area contributed by atoms with Crippen LogP contribution in [-0.2, 0) is 0 Å². The van der Waals surface area contributed by atoms with E-state index in [9.17, 15) is 4.39 Å². The summed E-state index contributed by atoms with van der Waals surface area (Å²) in [5.74, 6) is -0.416. The molecule has 0 unspecified atom stereocenters. The summed E-state index contributed by atoms with van der Waals surface area (Å²) in [4.78, 5) is 3.82. The number of nitrogens with zero attached hydrogens (tertiary/aromatic N) is 1. The zero-order valence-electron chi connectivity index (χ0n) is 7.00. The molecule has 0 radical (unpaired) electrons. The van der Waals surface area contributed by atoms with Crippen molar-refractivity contribution >= 4 is 17.7 Å². The lowest BCUT2D eigenvalue weighted by molar-refractivity contribution is 0.618. The molecule has 1 heterocycles. The van der Waals surface area contributed by atoms with Gasteiger partial charge in [-0.05, 0) is 25.1 Å². The van der Waals surface area contributed by atoms with Crippen LogP contribution in [0.2, 0.25) is 5.02 Å². The molecule has 0 aliphatic heterocycles. The summed E-state index contributed by atoms with van der Waals surface area (Å²) in [6.45, 7) is 0.547. The van der Waals surface area contributed by atoms with Crippen LogP contribution in [0.1, 0.15) is 12.1 Å². The van der Waals surface area contributed by atoms with Crippen LogP contribution in [0.3, 0.4) is 0 Å². The maximum Gasteiger partial charge on any atom is 0.150 e. The number of pyridine rings is 1. The van der Waals surface area contributed by atoms with Gasteiger partial charge in [-0.25, -0.2) is 4.39 Å². The molecule has 0 spiro atoms. The van der Waals surface area contributed by atoms with Crippen molar-refractivity contribution in [2.75, 3.05) is 6.54 Å². The molecule has 0 aliphatic rings. The fourth-order valence-electron chi connectivity index (χ4n) is 0.839. The highest BCUT2D eigenvalue weighted by molar-refractivity contribution is 6.30. The van der Waals surface area contributed by atoms with Gasteiger partial charge >= 0.3 is 0 Å². The zero-order chi connectivity index (χ0) is 9.68. The normalized spacial score (nSPS) is 11.0. The predicted molar refractivity (Wildman–Crippen MR) is 51.9 cm³/mol. The van der Waals surface area contributed by atoms with Crippen LogP contribution in [0, 0.1) is 5.82 Å². The monoisotopic (exact) mass is 200 g/mol. The minimum atomic E-state index is -0.416. The minimum Gasteiger partial charge on any atom is -0.330 e. The van der Waals surface area contributed by atoms with Crippen molar-refractivity contribution in [3.63, 3.8) is 0 Å². The van der Waals surface area contributed by atoms with E-state index in [4.69, 9.17) is 17.3 Å². The second kappa shape index (κ2) is 4.94. The number of hydrogen-bond acceptors (Lipinski definition) is 2. The van der Waals surface area contributed by atoms with Crippen LogP contribution < -0.4 is 5.73 Å². The molecule has 1 aromatic heterocycles. The van der Waals surface area contributed by atoms with Crippen LogP contribution in [0.4, 0.5) is 4.39 Å². The average Bonchev–Trinajstić information content (AvgIpc) is 2.09. The van der Waals surface area contributed by atoms with Gasteiger partial charge in [-0.2, -0.15) is 0 Å². The Hall–Kier alpha value is -0.930. The van der Waals surface area contributed by atoms with E-state index in [1.807, 2.05) is 0 Å². The fourth-order valence-corrected chi connectivity index (χ4v) is 0.984. The Morgan fingerprint density at radius 2 is 2.38 bits per heavy atom. The quantitative estimate of drug-likeness (QED) is 0.813. The van der Waals surface area contributed by atoms with Gasteiger partial charge < -0.3 is 5.73 Å². The van der Waals surface area contributed by atoms with E-state index >= 15 is 0 Å². The topological polar surface area (TPSA) is 38.9 Å². The van der Waals surface area contributed by atoms with Crippen LogP contribution in [0.25, 0.3) is 6.08 Å². The van der Waals surface area contributed by atoms with Gasteiger partial charge in [0.1, 0.15) is 5.82 Å². The highest BCUT2D eigenvalue weighted by atomic mass is 35.5. The lowest BCUT2D eigenvalue weighted by Crippen LogP contribution is -1.95. The molecule has 1 aromatic rings. The third kappa shape index (κ3) is 3.13. The molecule has 1 rings (SSSR count). The van der Waals surface area contributed by atoms with E-state index in [1.54, 1.807) is 12.2 Å². The molecular weight excluding hydrogens is 191 g/mol. The average molecular weight is 201 g/mol. The molecule has 2 nitrogen and oxygen atoms in total. The Bertz CT molecular complexity index is 312. The Kier molecular flexibility index (Phi) is 3.86. The van der Waals surface area contributed by atoms with Crippen molar-refractivity contribution in [3.05, 3.63) is 34.9 Å². The summed E-state index contributed by atoms with van der Waals surface area (Å²) >= 11 is 5.53. The van der Waals surface area contributed by atoms with E-state index in [1.165, 1.54) is 12.3 Å². The number of nitrogens with two attached hydrogens (primary N) is 1. The number of aromatic nitrogens is 1. The second-order valence-corrected chi connectivity index (χ2v) is 2.94. The first-order chi connectivity index (χ1) is 6.24. The zero-order valence-corrected chi connectivity index (χ0v) is 7.76. The molecule has 0 saturated carbocycles. The molecule has 4 heteroatoms. The van der Waals surface area contributed by atoms with Gasteiger partial charge in [0.25, 0.3) is 0 Å². The van der Waals surface area contributed by atoms with Crippen molar-refractivity contribution in [3.8, 4) is 0 Å². The van der Waals surface area contributed by atoms with Gasteiger partial charge in [0.05, 0.1) is 10.7 Å². The summed E-state index contributed by atoms with van der Waals surface area (Å²) in [7, 11) is 0. The second-order valence-electron chi connectivity index (χ2n) is 2.50. The number of hydrogen-bond donors (Lipinski definition) is 1. The van der Waals surface area contributed by atoms with Crippen LogP contribution in [-0.4, -0.2) is 11.5 Å². The molecule has 0 fully saturated rings. The summed E-state index contributed by atoms with van der Waals surface area (Å²) < 4.78 is 13.0. The summed E-state index contributed by atoms with van der Waals surface area (Å²) in [6.07, 6.45) is 5.49. The first-order valence-corrected chi connectivity index (χ1v) is 4.29. The highest BCUT2D eigenvalue weighted by Gasteiger charge is 1.99. The molecule has 0 atom stereocenters. The lowest BCUT2D eigenvalue weighted by Gasteiger charge is -1.95. The van der Waals surface area contributed by atoms with Crippen LogP contribution >= 0.6 is 11.6 Å². The van der Waals surface area contributed by atoms with Crippen molar-refractivity contribution < 1.29 is 4.39 Å². The largest absolute Gasteiger partial charge is 0.330 e. The fraction of sp³-hybridized carbons (Fsp3) is 0.222. The molecule has 70 valence electrons. The Morgan fingerprint density at radius 3 is 3.00 bits per heavy atom. The molecule has 0 aliphatic carbocycles.